The number of hydrogen-bond donors (Lipinski definition) is 1. The second kappa shape index (κ2) is 6.02. The fraction of sp³-hybridized carbons (Fsp3) is 0.462. The van der Waals surface area contributed by atoms with Crippen LogP contribution in [0.2, 0.25) is 0 Å². The van der Waals surface area contributed by atoms with Gasteiger partial charge in [-0.15, -0.1) is 0 Å². The van der Waals surface area contributed by atoms with E-state index in [1.165, 1.54) is 0 Å². The van der Waals surface area contributed by atoms with E-state index in [1.807, 2.05) is 26.0 Å². The van der Waals surface area contributed by atoms with E-state index in [4.69, 9.17) is 15.7 Å². The molecule has 1 aromatic carbocycles. The predicted molar refractivity (Wildman–Crippen MR) is 65.3 cm³/mol. The fourth-order valence-corrected chi connectivity index (χ4v) is 1.46. The number of benzene rings is 1. The van der Waals surface area contributed by atoms with E-state index in [-0.39, 0.29) is 0 Å². The summed E-state index contributed by atoms with van der Waals surface area (Å²) in [5.41, 5.74) is 8.69. The van der Waals surface area contributed by atoms with E-state index in [2.05, 4.69) is 6.07 Å². The molecule has 0 heterocycles. The molecule has 0 unspecified atom stereocenters. The number of anilines is 1. The normalized spacial score (nSPS) is 9.81. The van der Waals surface area contributed by atoms with Crippen molar-refractivity contribution in [2.45, 2.75) is 33.1 Å². The summed E-state index contributed by atoms with van der Waals surface area (Å²) in [5.74, 6) is 0.892. The lowest BCUT2D eigenvalue weighted by atomic mass is 10.1. The summed E-state index contributed by atoms with van der Waals surface area (Å²) in [6.45, 7) is 4.61. The Kier molecular flexibility index (Phi) is 4.65. The molecule has 0 atom stereocenters. The summed E-state index contributed by atoms with van der Waals surface area (Å²) in [6, 6.07) is 6.02. The number of nitrogens with zero attached hydrogens (tertiary/aromatic N) is 1. The molecule has 0 aliphatic rings. The summed E-state index contributed by atoms with van der Waals surface area (Å²) >= 11 is 0. The van der Waals surface area contributed by atoms with Gasteiger partial charge in [0.15, 0.2) is 0 Å². The molecule has 0 saturated heterocycles. The van der Waals surface area contributed by atoms with Crippen LogP contribution in [0.25, 0.3) is 0 Å². The molecule has 0 aliphatic heterocycles. The number of nitriles is 1. The van der Waals surface area contributed by atoms with Gasteiger partial charge in [-0.05, 0) is 49.9 Å². The minimum atomic E-state index is 0.600. The highest BCUT2D eigenvalue weighted by atomic mass is 16.5. The maximum absolute atomic E-state index is 8.39. The molecule has 0 radical (unpaired) electrons. The Bertz CT molecular complexity index is 394. The van der Waals surface area contributed by atoms with E-state index in [0.717, 1.165) is 35.4 Å². The number of rotatable bonds is 5. The van der Waals surface area contributed by atoms with Gasteiger partial charge < -0.3 is 10.5 Å². The van der Waals surface area contributed by atoms with Gasteiger partial charge in [0.1, 0.15) is 5.75 Å². The Balaban J connectivity index is 2.48. The molecule has 86 valence electrons. The van der Waals surface area contributed by atoms with Gasteiger partial charge in [0.2, 0.25) is 0 Å². The van der Waals surface area contributed by atoms with Crippen LogP contribution in [-0.2, 0) is 0 Å². The molecule has 16 heavy (non-hydrogen) atoms. The number of nitrogens with two attached hydrogens (primary N) is 1. The summed E-state index contributed by atoms with van der Waals surface area (Å²) in [7, 11) is 0. The van der Waals surface area contributed by atoms with Crippen LogP contribution in [0.15, 0.2) is 12.1 Å². The van der Waals surface area contributed by atoms with Crippen molar-refractivity contribution in [1.29, 1.82) is 5.26 Å². The van der Waals surface area contributed by atoms with Gasteiger partial charge in [0, 0.05) is 12.1 Å². The Morgan fingerprint density at radius 3 is 2.69 bits per heavy atom. The largest absolute Gasteiger partial charge is 0.493 e. The van der Waals surface area contributed by atoms with Gasteiger partial charge in [-0.2, -0.15) is 5.26 Å². The number of ether oxygens (including phenoxy) is 1. The Morgan fingerprint density at radius 1 is 1.25 bits per heavy atom. The zero-order valence-electron chi connectivity index (χ0n) is 9.92. The second-order valence-corrected chi connectivity index (χ2v) is 3.94. The second-order valence-electron chi connectivity index (χ2n) is 3.94. The van der Waals surface area contributed by atoms with Crippen molar-refractivity contribution in [2.75, 3.05) is 12.3 Å². The molecule has 1 aromatic rings. The van der Waals surface area contributed by atoms with Crippen molar-refractivity contribution < 1.29 is 4.74 Å². The summed E-state index contributed by atoms with van der Waals surface area (Å²) in [4.78, 5) is 0. The van der Waals surface area contributed by atoms with E-state index in [0.29, 0.717) is 13.0 Å². The third-order valence-corrected chi connectivity index (χ3v) is 2.50. The minimum absolute atomic E-state index is 0.600. The average molecular weight is 218 g/mol. The van der Waals surface area contributed by atoms with Crippen LogP contribution in [-0.4, -0.2) is 6.61 Å². The first-order valence-corrected chi connectivity index (χ1v) is 5.51. The van der Waals surface area contributed by atoms with Crippen molar-refractivity contribution in [2.24, 2.45) is 0 Å². The van der Waals surface area contributed by atoms with Crippen molar-refractivity contribution >= 4 is 5.69 Å². The van der Waals surface area contributed by atoms with Crippen molar-refractivity contribution in [3.63, 3.8) is 0 Å². The van der Waals surface area contributed by atoms with Crippen molar-refractivity contribution in [1.82, 2.24) is 0 Å². The molecule has 0 fully saturated rings. The topological polar surface area (TPSA) is 59.0 Å². The van der Waals surface area contributed by atoms with Crippen LogP contribution in [0.1, 0.15) is 30.4 Å². The first-order valence-electron chi connectivity index (χ1n) is 5.51. The van der Waals surface area contributed by atoms with Crippen molar-refractivity contribution in [3.05, 3.63) is 23.3 Å². The van der Waals surface area contributed by atoms with Gasteiger partial charge in [0.05, 0.1) is 12.7 Å². The zero-order chi connectivity index (χ0) is 12.0. The lowest BCUT2D eigenvalue weighted by Gasteiger charge is -2.11. The maximum atomic E-state index is 8.39. The molecule has 0 amide bonds. The van der Waals surface area contributed by atoms with Crippen LogP contribution in [0.4, 0.5) is 5.69 Å². The molecule has 0 saturated carbocycles. The number of unbranched alkanes of at least 4 members (excludes halogenated alkanes) is 2. The van der Waals surface area contributed by atoms with Crippen LogP contribution in [0.3, 0.4) is 0 Å². The summed E-state index contributed by atoms with van der Waals surface area (Å²) in [6.07, 6.45) is 2.41. The smallest absolute Gasteiger partial charge is 0.122 e. The molecule has 0 aliphatic carbocycles. The monoisotopic (exact) mass is 218 g/mol. The predicted octanol–water partition coefficient (Wildman–Crippen LogP) is 2.96. The zero-order valence-corrected chi connectivity index (χ0v) is 9.92. The highest BCUT2D eigenvalue weighted by Gasteiger charge is 2.02. The standard InChI is InChI=1S/C13H18N2O/c1-10-9-13(11(2)8-12(10)15)16-7-5-3-4-6-14/h8-9H,3-5,7,15H2,1-2H3. The third-order valence-electron chi connectivity index (χ3n) is 2.50. The molecule has 0 bridgehead atoms. The highest BCUT2D eigenvalue weighted by Crippen LogP contribution is 2.24. The molecular weight excluding hydrogens is 200 g/mol. The quantitative estimate of drug-likeness (QED) is 0.610. The van der Waals surface area contributed by atoms with E-state index in [9.17, 15) is 0 Å². The molecule has 0 aromatic heterocycles. The summed E-state index contributed by atoms with van der Waals surface area (Å²) in [5, 5.41) is 8.39. The number of aryl methyl sites for hydroxylation is 2. The first-order chi connectivity index (χ1) is 7.65. The lowest BCUT2D eigenvalue weighted by Crippen LogP contribution is -2.00. The van der Waals surface area contributed by atoms with Gasteiger partial charge in [-0.3, -0.25) is 0 Å². The van der Waals surface area contributed by atoms with Crippen molar-refractivity contribution in [3.8, 4) is 11.8 Å². The molecule has 3 nitrogen and oxygen atoms in total. The Morgan fingerprint density at radius 2 is 2.00 bits per heavy atom. The van der Waals surface area contributed by atoms with E-state index < -0.39 is 0 Å². The van der Waals surface area contributed by atoms with E-state index in [1.54, 1.807) is 0 Å². The van der Waals surface area contributed by atoms with Gasteiger partial charge in [-0.25, -0.2) is 0 Å². The fourth-order valence-electron chi connectivity index (χ4n) is 1.46. The number of nitrogen functional groups attached to an aromatic ring is 1. The van der Waals surface area contributed by atoms with Crippen LogP contribution < -0.4 is 10.5 Å². The SMILES string of the molecule is Cc1cc(OCCCCC#N)c(C)cc1N. The Labute approximate surface area is 96.8 Å². The average Bonchev–Trinajstić information content (AvgIpc) is 2.25. The molecule has 2 N–H and O–H groups in total. The van der Waals surface area contributed by atoms with Gasteiger partial charge in [0.25, 0.3) is 0 Å². The van der Waals surface area contributed by atoms with Crippen LogP contribution in [0, 0.1) is 25.2 Å². The lowest BCUT2D eigenvalue weighted by molar-refractivity contribution is 0.305. The van der Waals surface area contributed by atoms with Crippen LogP contribution in [0.5, 0.6) is 5.75 Å². The Hall–Kier alpha value is -1.69. The molecule has 0 spiro atoms. The van der Waals surface area contributed by atoms with Crippen LogP contribution >= 0.6 is 0 Å². The molecule has 3 heteroatoms. The molecular formula is C13H18N2O. The summed E-state index contributed by atoms with van der Waals surface area (Å²) < 4.78 is 5.65. The van der Waals surface area contributed by atoms with Gasteiger partial charge in [-0.1, -0.05) is 0 Å². The third kappa shape index (κ3) is 3.47. The first kappa shape index (κ1) is 12.4. The highest BCUT2D eigenvalue weighted by molar-refractivity contribution is 5.53. The molecule has 1 rings (SSSR count). The van der Waals surface area contributed by atoms with Gasteiger partial charge >= 0.3 is 0 Å². The van der Waals surface area contributed by atoms with E-state index >= 15 is 0 Å². The maximum Gasteiger partial charge on any atom is 0.122 e. The minimum Gasteiger partial charge on any atom is -0.493 e. The number of hydrogen-bond acceptors (Lipinski definition) is 3.